The Morgan fingerprint density at radius 2 is 2.11 bits per heavy atom. The van der Waals surface area contributed by atoms with E-state index in [-0.39, 0.29) is 0 Å². The van der Waals surface area contributed by atoms with Gasteiger partial charge in [-0.3, -0.25) is 4.79 Å². The fourth-order valence-electron chi connectivity index (χ4n) is 2.17. The van der Waals surface area contributed by atoms with Crippen LogP contribution in [0.2, 0.25) is 0 Å². The molecule has 4 N–H and O–H groups in total. The third kappa shape index (κ3) is 2.70. The first-order chi connectivity index (χ1) is 8.58. The molecular weight excluding hydrogens is 230 g/mol. The lowest BCUT2D eigenvalue weighted by Gasteiger charge is -2.23. The fourth-order valence-corrected chi connectivity index (χ4v) is 2.17. The number of nitrogen functional groups attached to an aromatic ring is 1. The largest absolute Gasteiger partial charge is 0.397 e. The highest BCUT2D eigenvalue weighted by Crippen LogP contribution is 2.20. The van der Waals surface area contributed by atoms with Gasteiger partial charge in [0.2, 0.25) is 0 Å². The summed E-state index contributed by atoms with van der Waals surface area (Å²) in [4.78, 5) is 20.1. The molecule has 1 amide bonds. The highest BCUT2D eigenvalue weighted by Gasteiger charge is 2.19. The molecule has 6 heteroatoms. The van der Waals surface area contributed by atoms with Crippen LogP contribution in [0, 0.1) is 0 Å². The van der Waals surface area contributed by atoms with Crippen LogP contribution < -0.4 is 16.4 Å². The van der Waals surface area contributed by atoms with Crippen molar-refractivity contribution in [3.63, 3.8) is 0 Å². The van der Waals surface area contributed by atoms with E-state index in [9.17, 15) is 4.79 Å². The molecular formula is C12H19N5O. The van der Waals surface area contributed by atoms with Crippen LogP contribution in [0.3, 0.4) is 0 Å². The molecule has 98 valence electrons. The first-order valence-electron chi connectivity index (χ1n) is 6.07. The molecule has 0 aromatic carbocycles. The van der Waals surface area contributed by atoms with E-state index in [0.29, 0.717) is 17.1 Å². The summed E-state index contributed by atoms with van der Waals surface area (Å²) in [6.07, 6.45) is 2.61. The molecule has 1 saturated heterocycles. The van der Waals surface area contributed by atoms with Gasteiger partial charge in [-0.2, -0.15) is 0 Å². The molecule has 6 nitrogen and oxygen atoms in total. The molecule has 1 aromatic rings. The van der Waals surface area contributed by atoms with Gasteiger partial charge in [0.25, 0.3) is 5.91 Å². The molecule has 2 rings (SSSR count). The molecule has 0 spiro atoms. The Morgan fingerprint density at radius 3 is 2.83 bits per heavy atom. The van der Waals surface area contributed by atoms with E-state index in [0.717, 1.165) is 32.6 Å². The fraction of sp³-hybridized carbons (Fsp3) is 0.500. The van der Waals surface area contributed by atoms with Gasteiger partial charge < -0.3 is 21.3 Å². The number of carbonyl (C=O) groups is 1. The van der Waals surface area contributed by atoms with Crippen LogP contribution in [0.15, 0.2) is 12.3 Å². The Bertz CT molecular complexity index is 448. The molecule has 2 heterocycles. The predicted molar refractivity (Wildman–Crippen MR) is 71.5 cm³/mol. The lowest BCUT2D eigenvalue weighted by Crippen LogP contribution is -2.31. The van der Waals surface area contributed by atoms with Gasteiger partial charge >= 0.3 is 0 Å². The van der Waals surface area contributed by atoms with Crippen molar-refractivity contribution >= 4 is 17.4 Å². The number of pyridine rings is 1. The van der Waals surface area contributed by atoms with E-state index in [1.807, 2.05) is 0 Å². The maximum atomic E-state index is 11.5. The van der Waals surface area contributed by atoms with Gasteiger partial charge in [0.15, 0.2) is 0 Å². The Balaban J connectivity index is 2.29. The Labute approximate surface area is 107 Å². The Morgan fingerprint density at radius 1 is 1.33 bits per heavy atom. The number of aromatic nitrogens is 1. The summed E-state index contributed by atoms with van der Waals surface area (Å²) in [7, 11) is 2.09. The third-order valence-corrected chi connectivity index (χ3v) is 3.17. The number of nitrogens with two attached hydrogens (primary N) is 2. The second-order valence-corrected chi connectivity index (χ2v) is 4.65. The summed E-state index contributed by atoms with van der Waals surface area (Å²) in [6, 6.07) is 1.60. The molecule has 0 unspecified atom stereocenters. The molecule has 0 saturated carbocycles. The van der Waals surface area contributed by atoms with Gasteiger partial charge in [-0.1, -0.05) is 0 Å². The van der Waals surface area contributed by atoms with Crippen molar-refractivity contribution < 1.29 is 4.79 Å². The van der Waals surface area contributed by atoms with E-state index >= 15 is 0 Å². The SMILES string of the molecule is CN1CCCN(c2ncc(N)cc2C(N)=O)CC1. The maximum absolute atomic E-state index is 11.5. The molecule has 0 atom stereocenters. The number of carbonyl (C=O) groups excluding carboxylic acids is 1. The average Bonchev–Trinajstić information content (AvgIpc) is 2.54. The normalized spacial score (nSPS) is 17.5. The van der Waals surface area contributed by atoms with Crippen molar-refractivity contribution in [3.05, 3.63) is 17.8 Å². The molecule has 1 aromatic heterocycles. The number of primary amides is 1. The lowest BCUT2D eigenvalue weighted by molar-refractivity contribution is 0.100. The van der Waals surface area contributed by atoms with Gasteiger partial charge in [0, 0.05) is 19.6 Å². The van der Waals surface area contributed by atoms with Crippen LogP contribution in [0.4, 0.5) is 11.5 Å². The Hall–Kier alpha value is -1.82. The van der Waals surface area contributed by atoms with Crippen molar-refractivity contribution in [2.45, 2.75) is 6.42 Å². The number of amides is 1. The molecule has 0 radical (unpaired) electrons. The van der Waals surface area contributed by atoms with Crippen LogP contribution in [0.1, 0.15) is 16.8 Å². The third-order valence-electron chi connectivity index (χ3n) is 3.17. The van der Waals surface area contributed by atoms with Crippen LogP contribution in [0.5, 0.6) is 0 Å². The summed E-state index contributed by atoms with van der Waals surface area (Å²) in [5.74, 6) is 0.161. The first-order valence-corrected chi connectivity index (χ1v) is 6.07. The van der Waals surface area contributed by atoms with E-state index in [2.05, 4.69) is 21.8 Å². The number of nitrogens with zero attached hydrogens (tertiary/aromatic N) is 3. The molecule has 0 bridgehead atoms. The van der Waals surface area contributed by atoms with Crippen molar-refractivity contribution in [3.8, 4) is 0 Å². The van der Waals surface area contributed by atoms with Crippen LogP contribution in [-0.2, 0) is 0 Å². The van der Waals surface area contributed by atoms with E-state index in [4.69, 9.17) is 11.5 Å². The summed E-state index contributed by atoms with van der Waals surface area (Å²) >= 11 is 0. The van der Waals surface area contributed by atoms with Gasteiger partial charge in [-0.05, 0) is 26.1 Å². The van der Waals surface area contributed by atoms with Crippen LogP contribution in [0.25, 0.3) is 0 Å². The van der Waals surface area contributed by atoms with Crippen molar-refractivity contribution in [1.29, 1.82) is 0 Å². The van der Waals surface area contributed by atoms with Crippen molar-refractivity contribution in [1.82, 2.24) is 9.88 Å². The summed E-state index contributed by atoms with van der Waals surface area (Å²) in [6.45, 7) is 3.72. The first kappa shape index (κ1) is 12.6. The highest BCUT2D eigenvalue weighted by atomic mass is 16.1. The monoisotopic (exact) mass is 249 g/mol. The van der Waals surface area contributed by atoms with E-state index in [1.165, 1.54) is 0 Å². The smallest absolute Gasteiger partial charge is 0.252 e. The van der Waals surface area contributed by atoms with Crippen molar-refractivity contribution in [2.75, 3.05) is 43.9 Å². The second kappa shape index (κ2) is 5.22. The minimum Gasteiger partial charge on any atom is -0.397 e. The van der Waals surface area contributed by atoms with Crippen molar-refractivity contribution in [2.24, 2.45) is 5.73 Å². The molecule has 1 aliphatic rings. The molecule has 1 aliphatic heterocycles. The summed E-state index contributed by atoms with van der Waals surface area (Å²) in [5, 5.41) is 0. The maximum Gasteiger partial charge on any atom is 0.252 e. The number of rotatable bonds is 2. The molecule has 1 fully saturated rings. The van der Waals surface area contributed by atoms with E-state index < -0.39 is 5.91 Å². The number of hydrogen-bond acceptors (Lipinski definition) is 5. The summed E-state index contributed by atoms with van der Waals surface area (Å²) in [5.41, 5.74) is 11.9. The predicted octanol–water partition coefficient (Wildman–Crippen LogP) is -0.0954. The van der Waals surface area contributed by atoms with Gasteiger partial charge in [-0.25, -0.2) is 4.98 Å². The minimum atomic E-state index is -0.484. The summed E-state index contributed by atoms with van der Waals surface area (Å²) < 4.78 is 0. The zero-order valence-corrected chi connectivity index (χ0v) is 10.6. The van der Waals surface area contributed by atoms with Crippen LogP contribution >= 0.6 is 0 Å². The number of hydrogen-bond donors (Lipinski definition) is 2. The molecule has 0 aliphatic carbocycles. The van der Waals surface area contributed by atoms with E-state index in [1.54, 1.807) is 12.3 Å². The number of anilines is 2. The zero-order valence-electron chi connectivity index (χ0n) is 10.6. The van der Waals surface area contributed by atoms with Gasteiger partial charge in [0.1, 0.15) is 5.82 Å². The van der Waals surface area contributed by atoms with Gasteiger partial charge in [-0.15, -0.1) is 0 Å². The minimum absolute atomic E-state index is 0.402. The van der Waals surface area contributed by atoms with Crippen LogP contribution in [-0.4, -0.2) is 49.0 Å². The second-order valence-electron chi connectivity index (χ2n) is 4.65. The van der Waals surface area contributed by atoms with Gasteiger partial charge in [0.05, 0.1) is 17.4 Å². The topological polar surface area (TPSA) is 88.5 Å². The average molecular weight is 249 g/mol. The lowest BCUT2D eigenvalue weighted by atomic mass is 10.2. The highest BCUT2D eigenvalue weighted by molar-refractivity contribution is 5.98. The zero-order chi connectivity index (χ0) is 13.1. The Kier molecular flexibility index (Phi) is 3.66. The number of likely N-dealkylation sites (N-methyl/N-ethyl adjacent to an activating group) is 1. The molecule has 18 heavy (non-hydrogen) atoms. The standard InChI is InChI=1S/C12H19N5O/c1-16-3-2-4-17(6-5-16)12-10(11(14)18)7-9(13)8-15-12/h7-8H,2-6,13H2,1H3,(H2,14,18). The quantitative estimate of drug-likeness (QED) is 0.764.